The number of sulfonamides is 1. The van der Waals surface area contributed by atoms with Gasteiger partial charge in [-0.05, 0) is 48.9 Å². The van der Waals surface area contributed by atoms with Crippen molar-refractivity contribution in [3.63, 3.8) is 0 Å². The largest absolute Gasteiger partial charge is 0.454 e. The van der Waals surface area contributed by atoms with Crippen LogP contribution in [0.2, 0.25) is 0 Å². The smallest absolute Gasteiger partial charge is 0.253 e. The summed E-state index contributed by atoms with van der Waals surface area (Å²) in [6.07, 6.45) is 1.18. The fourth-order valence-electron chi connectivity index (χ4n) is 3.97. The number of fused-ring (bicyclic) bond motifs is 1. The minimum Gasteiger partial charge on any atom is -0.454 e. The van der Waals surface area contributed by atoms with Gasteiger partial charge in [0.05, 0.1) is 11.9 Å². The Labute approximate surface area is 183 Å². The Bertz CT molecular complexity index is 1050. The predicted molar refractivity (Wildman–Crippen MR) is 118 cm³/mol. The maximum atomic E-state index is 12.9. The summed E-state index contributed by atoms with van der Waals surface area (Å²) in [5.41, 5.74) is 2.29. The van der Waals surface area contributed by atoms with Crippen LogP contribution in [0, 0.1) is 0 Å². The molecular weight excluding hydrogens is 418 g/mol. The third-order valence-electron chi connectivity index (χ3n) is 5.59. The molecule has 0 unspecified atom stereocenters. The van der Waals surface area contributed by atoms with Crippen molar-refractivity contribution in [2.45, 2.75) is 13.5 Å². The first-order chi connectivity index (χ1) is 14.8. The lowest BCUT2D eigenvalue weighted by atomic mass is 10.1. The number of hydrogen-bond donors (Lipinski definition) is 0. The Hall–Kier alpha value is -2.78. The van der Waals surface area contributed by atoms with Gasteiger partial charge in [0.15, 0.2) is 11.5 Å². The summed E-state index contributed by atoms with van der Waals surface area (Å²) in [5.74, 6) is 1.53. The number of benzene rings is 2. The van der Waals surface area contributed by atoms with Crippen molar-refractivity contribution in [1.29, 1.82) is 0 Å². The number of rotatable bonds is 6. The molecule has 8 nitrogen and oxygen atoms in total. The van der Waals surface area contributed by atoms with E-state index in [-0.39, 0.29) is 12.7 Å². The van der Waals surface area contributed by atoms with Gasteiger partial charge in [-0.25, -0.2) is 8.42 Å². The van der Waals surface area contributed by atoms with Crippen LogP contribution in [0.15, 0.2) is 42.5 Å². The van der Waals surface area contributed by atoms with Crippen molar-refractivity contribution in [3.8, 4) is 11.5 Å². The molecule has 166 valence electrons. The standard InChI is InChI=1S/C22H27N3O5S/c1-3-25(31(2,27)28)19-7-5-18(6-8-19)22(26)24-12-10-23(11-13-24)15-17-4-9-20-21(14-17)30-16-29-20/h4-9,14H,3,10-13,15-16H2,1-2H3. The topological polar surface area (TPSA) is 79.4 Å². The molecule has 0 atom stereocenters. The van der Waals surface area contributed by atoms with Gasteiger partial charge in [0.25, 0.3) is 5.91 Å². The number of ether oxygens (including phenoxy) is 2. The Morgan fingerprint density at radius 1 is 1.00 bits per heavy atom. The zero-order valence-corrected chi connectivity index (χ0v) is 18.6. The van der Waals surface area contributed by atoms with Gasteiger partial charge in [-0.2, -0.15) is 0 Å². The first-order valence-corrected chi connectivity index (χ1v) is 12.2. The van der Waals surface area contributed by atoms with E-state index in [1.54, 1.807) is 31.2 Å². The molecule has 2 heterocycles. The second-order valence-electron chi connectivity index (χ2n) is 7.73. The van der Waals surface area contributed by atoms with Crippen LogP contribution < -0.4 is 13.8 Å². The van der Waals surface area contributed by atoms with E-state index in [2.05, 4.69) is 4.90 Å². The number of nitrogens with zero attached hydrogens (tertiary/aromatic N) is 3. The Balaban J connectivity index is 1.34. The highest BCUT2D eigenvalue weighted by molar-refractivity contribution is 7.92. The van der Waals surface area contributed by atoms with E-state index in [1.807, 2.05) is 23.1 Å². The normalized spacial score (nSPS) is 16.4. The lowest BCUT2D eigenvalue weighted by Gasteiger charge is -2.35. The van der Waals surface area contributed by atoms with Gasteiger partial charge >= 0.3 is 0 Å². The van der Waals surface area contributed by atoms with Gasteiger partial charge in [0.2, 0.25) is 16.8 Å². The van der Waals surface area contributed by atoms with Crippen LogP contribution in [-0.4, -0.2) is 69.9 Å². The zero-order chi connectivity index (χ0) is 22.0. The van der Waals surface area contributed by atoms with Gasteiger partial charge < -0.3 is 14.4 Å². The van der Waals surface area contributed by atoms with Crippen LogP contribution in [0.3, 0.4) is 0 Å². The summed E-state index contributed by atoms with van der Waals surface area (Å²) >= 11 is 0. The summed E-state index contributed by atoms with van der Waals surface area (Å²) in [6.45, 7) is 6.06. The number of hydrogen-bond acceptors (Lipinski definition) is 6. The molecule has 0 aliphatic carbocycles. The lowest BCUT2D eigenvalue weighted by Crippen LogP contribution is -2.48. The van der Waals surface area contributed by atoms with E-state index in [1.165, 1.54) is 10.6 Å². The number of carbonyl (C=O) groups excluding carboxylic acids is 1. The summed E-state index contributed by atoms with van der Waals surface area (Å²) in [6, 6.07) is 12.8. The van der Waals surface area contributed by atoms with Crippen LogP contribution in [0.4, 0.5) is 5.69 Å². The molecule has 0 radical (unpaired) electrons. The molecule has 0 spiro atoms. The molecule has 4 rings (SSSR count). The zero-order valence-electron chi connectivity index (χ0n) is 17.8. The molecule has 0 saturated carbocycles. The summed E-state index contributed by atoms with van der Waals surface area (Å²) < 4.78 is 35.9. The van der Waals surface area contributed by atoms with Crippen LogP contribution in [0.5, 0.6) is 11.5 Å². The van der Waals surface area contributed by atoms with Crippen molar-refractivity contribution in [2.75, 3.05) is 50.1 Å². The fraction of sp³-hybridized carbons (Fsp3) is 0.409. The minimum absolute atomic E-state index is 0.0308. The molecule has 2 aromatic carbocycles. The van der Waals surface area contributed by atoms with Gasteiger partial charge in [-0.15, -0.1) is 0 Å². The Morgan fingerprint density at radius 3 is 2.32 bits per heavy atom. The number of amides is 1. The molecule has 9 heteroatoms. The van der Waals surface area contributed by atoms with Crippen LogP contribution in [0.25, 0.3) is 0 Å². The highest BCUT2D eigenvalue weighted by Gasteiger charge is 2.23. The van der Waals surface area contributed by atoms with Crippen molar-refractivity contribution >= 4 is 21.6 Å². The number of carbonyl (C=O) groups is 1. The van der Waals surface area contributed by atoms with Gasteiger partial charge in [0.1, 0.15) is 0 Å². The third-order valence-corrected chi connectivity index (χ3v) is 6.86. The summed E-state index contributed by atoms with van der Waals surface area (Å²) in [5, 5.41) is 0. The van der Waals surface area contributed by atoms with Crippen LogP contribution >= 0.6 is 0 Å². The van der Waals surface area contributed by atoms with Crippen molar-refractivity contribution < 1.29 is 22.7 Å². The van der Waals surface area contributed by atoms with Crippen LogP contribution in [-0.2, 0) is 16.6 Å². The summed E-state index contributed by atoms with van der Waals surface area (Å²) in [4.78, 5) is 17.0. The highest BCUT2D eigenvalue weighted by Crippen LogP contribution is 2.32. The number of piperazine rings is 1. The van der Waals surface area contributed by atoms with Crippen molar-refractivity contribution in [1.82, 2.24) is 9.80 Å². The maximum absolute atomic E-state index is 12.9. The molecule has 0 N–H and O–H groups in total. The monoisotopic (exact) mass is 445 g/mol. The molecular formula is C22H27N3O5S. The van der Waals surface area contributed by atoms with E-state index >= 15 is 0 Å². The fourth-order valence-corrected chi connectivity index (χ4v) is 4.94. The van der Waals surface area contributed by atoms with E-state index in [0.29, 0.717) is 30.9 Å². The molecule has 2 aromatic rings. The molecule has 2 aliphatic rings. The minimum atomic E-state index is -3.34. The van der Waals surface area contributed by atoms with E-state index in [4.69, 9.17) is 9.47 Å². The molecule has 1 amide bonds. The van der Waals surface area contributed by atoms with E-state index in [9.17, 15) is 13.2 Å². The molecule has 0 bridgehead atoms. The average molecular weight is 446 g/mol. The van der Waals surface area contributed by atoms with E-state index in [0.717, 1.165) is 36.7 Å². The lowest BCUT2D eigenvalue weighted by molar-refractivity contribution is 0.0628. The van der Waals surface area contributed by atoms with E-state index < -0.39 is 10.0 Å². The average Bonchev–Trinajstić information content (AvgIpc) is 3.22. The first-order valence-electron chi connectivity index (χ1n) is 10.3. The quantitative estimate of drug-likeness (QED) is 0.678. The predicted octanol–water partition coefficient (Wildman–Crippen LogP) is 2.16. The highest BCUT2D eigenvalue weighted by atomic mass is 32.2. The van der Waals surface area contributed by atoms with Crippen LogP contribution in [0.1, 0.15) is 22.8 Å². The van der Waals surface area contributed by atoms with Crippen molar-refractivity contribution in [3.05, 3.63) is 53.6 Å². The SMILES string of the molecule is CCN(c1ccc(C(=O)N2CCN(Cc3ccc4c(c3)OCO4)CC2)cc1)S(C)(=O)=O. The maximum Gasteiger partial charge on any atom is 0.253 e. The van der Waals surface area contributed by atoms with Crippen molar-refractivity contribution in [2.24, 2.45) is 0 Å². The first kappa shape index (κ1) is 21.5. The third kappa shape index (κ3) is 4.77. The Morgan fingerprint density at radius 2 is 1.68 bits per heavy atom. The summed E-state index contributed by atoms with van der Waals surface area (Å²) in [7, 11) is -3.34. The van der Waals surface area contributed by atoms with Gasteiger partial charge in [-0.3, -0.25) is 14.0 Å². The molecule has 0 aromatic heterocycles. The molecule has 31 heavy (non-hydrogen) atoms. The number of anilines is 1. The second-order valence-corrected chi connectivity index (χ2v) is 9.64. The molecule has 2 aliphatic heterocycles. The van der Waals surface area contributed by atoms with Gasteiger partial charge in [0, 0.05) is 44.8 Å². The Kier molecular flexibility index (Phi) is 6.06. The molecule has 1 fully saturated rings. The van der Waals surface area contributed by atoms with Gasteiger partial charge in [-0.1, -0.05) is 6.07 Å². The second kappa shape index (κ2) is 8.76. The molecule has 1 saturated heterocycles.